The molecule has 0 aliphatic carbocycles. The minimum absolute atomic E-state index is 0.236. The van der Waals surface area contributed by atoms with E-state index in [1.807, 2.05) is 0 Å². The van der Waals surface area contributed by atoms with Crippen LogP contribution in [0.25, 0.3) is 0 Å². The fourth-order valence-corrected chi connectivity index (χ4v) is 9.12. The summed E-state index contributed by atoms with van der Waals surface area (Å²) in [5, 5.41) is 45.0. The molecule has 1 aliphatic rings. The average Bonchev–Trinajstić information content (AvgIpc) is 3.28. The maximum Gasteiger partial charge on any atom is 0.397 e. The molecule has 1 rings (SSSR count). The Balaban J connectivity index is 2.40. The molecule has 6 N–H and O–H groups in total. The van der Waals surface area contributed by atoms with E-state index in [0.717, 1.165) is 57.8 Å². The third kappa shape index (κ3) is 35.4. The highest BCUT2D eigenvalue weighted by Gasteiger charge is 2.48. The number of ether oxygens (including phenoxy) is 2. The third-order valence-electron chi connectivity index (χ3n) is 12.8. The first-order chi connectivity index (χ1) is 31.5. The number of hydrogen-bond donors (Lipinski definition) is 6. The average molecular weight is 946 g/mol. The summed E-state index contributed by atoms with van der Waals surface area (Å²) in [5.41, 5.74) is 0. The molecule has 1 heterocycles. The number of hydrogen-bond acceptors (Lipinski definition) is 10. The van der Waals surface area contributed by atoms with E-state index in [-0.39, 0.29) is 18.9 Å². The SMILES string of the molecule is CCCCCCCCCCC/C=C\C/C=C\CCCCCCCCCC(=O)NC(COC1OC(CO)C(O)C(OS(=O)(=O)O)C1O)C(O)CCCCCCCCCCCCCCCCC. The summed E-state index contributed by atoms with van der Waals surface area (Å²) in [6.45, 7) is 3.46. The molecule has 384 valence electrons. The monoisotopic (exact) mass is 946 g/mol. The van der Waals surface area contributed by atoms with E-state index in [1.165, 1.54) is 154 Å². The molecule has 1 saturated heterocycles. The van der Waals surface area contributed by atoms with Gasteiger partial charge >= 0.3 is 10.4 Å². The normalized spacial score (nSPS) is 20.3. The number of carbonyl (C=O) groups is 1. The molecule has 0 radical (unpaired) electrons. The van der Waals surface area contributed by atoms with Gasteiger partial charge in [0.1, 0.15) is 24.4 Å². The van der Waals surface area contributed by atoms with E-state index in [1.54, 1.807) is 0 Å². The highest BCUT2D eigenvalue weighted by atomic mass is 32.3. The van der Waals surface area contributed by atoms with Gasteiger partial charge < -0.3 is 35.2 Å². The van der Waals surface area contributed by atoms with E-state index in [4.69, 9.17) is 9.47 Å². The van der Waals surface area contributed by atoms with Crippen molar-refractivity contribution in [3.63, 3.8) is 0 Å². The van der Waals surface area contributed by atoms with Crippen LogP contribution in [0.3, 0.4) is 0 Å². The predicted molar refractivity (Wildman–Crippen MR) is 264 cm³/mol. The third-order valence-corrected chi connectivity index (χ3v) is 13.2. The van der Waals surface area contributed by atoms with Crippen molar-refractivity contribution in [2.75, 3.05) is 13.2 Å². The number of nitrogens with one attached hydrogen (secondary N) is 1. The lowest BCUT2D eigenvalue weighted by Crippen LogP contribution is -2.61. The van der Waals surface area contributed by atoms with Gasteiger partial charge in [0.05, 0.1) is 25.4 Å². The summed E-state index contributed by atoms with van der Waals surface area (Å²) in [5.74, 6) is -0.236. The van der Waals surface area contributed by atoms with Crippen LogP contribution in [-0.2, 0) is 28.9 Å². The van der Waals surface area contributed by atoms with E-state index in [0.29, 0.717) is 12.8 Å². The van der Waals surface area contributed by atoms with Crippen LogP contribution >= 0.6 is 0 Å². The Hall–Kier alpha value is -1.42. The zero-order chi connectivity index (χ0) is 47.6. The molecule has 0 aromatic rings. The molecular weight excluding hydrogens is 847 g/mol. The van der Waals surface area contributed by atoms with Gasteiger partial charge in [-0.3, -0.25) is 9.35 Å². The molecule has 0 aromatic carbocycles. The molecule has 0 bridgehead atoms. The molecule has 12 nitrogen and oxygen atoms in total. The lowest BCUT2D eigenvalue weighted by molar-refractivity contribution is -0.298. The zero-order valence-corrected chi connectivity index (χ0v) is 42.1. The molecule has 7 unspecified atom stereocenters. The number of aliphatic hydroxyl groups is 4. The van der Waals surface area contributed by atoms with E-state index in [2.05, 4.69) is 47.7 Å². The Labute approximate surface area is 397 Å². The Morgan fingerprint density at radius 1 is 0.615 bits per heavy atom. The molecule has 0 aromatic heterocycles. The summed E-state index contributed by atoms with van der Waals surface area (Å²) in [7, 11) is -5.08. The molecule has 13 heteroatoms. The van der Waals surface area contributed by atoms with Gasteiger partial charge in [0.2, 0.25) is 5.91 Å². The van der Waals surface area contributed by atoms with Gasteiger partial charge in [0.15, 0.2) is 6.29 Å². The largest absolute Gasteiger partial charge is 0.397 e. The van der Waals surface area contributed by atoms with Crippen molar-refractivity contribution in [3.05, 3.63) is 24.3 Å². The van der Waals surface area contributed by atoms with Crippen LogP contribution < -0.4 is 5.32 Å². The lowest BCUT2D eigenvalue weighted by Gasteiger charge is -2.41. The van der Waals surface area contributed by atoms with Gasteiger partial charge in [-0.15, -0.1) is 0 Å². The van der Waals surface area contributed by atoms with Gasteiger partial charge in [0.25, 0.3) is 0 Å². The van der Waals surface area contributed by atoms with E-state index >= 15 is 0 Å². The number of unbranched alkanes of at least 4 members (excludes halogenated alkanes) is 30. The van der Waals surface area contributed by atoms with Crippen LogP contribution in [0.1, 0.15) is 245 Å². The standard InChI is InChI=1S/C52H99NO11S/c1-3-5-7-9-11-13-15-17-19-20-21-22-23-24-25-26-28-30-32-34-36-38-40-42-48(56)53-45(44-62-52-50(58)51(64-65(59,60)61)49(57)47(43-54)63-52)46(55)41-39-37-35-33-31-29-27-18-16-14-12-10-8-6-4-2/h21-22,24-25,45-47,49-52,54-55,57-58H,3-20,23,26-44H2,1-2H3,(H,53,56)(H,59,60,61)/b22-21-,25-24-. The smallest absolute Gasteiger partial charge is 0.394 e. The molecule has 1 fully saturated rings. The first kappa shape index (κ1) is 61.6. The van der Waals surface area contributed by atoms with Crippen LogP contribution in [0.4, 0.5) is 0 Å². The molecule has 7 atom stereocenters. The topological polar surface area (TPSA) is 192 Å². The summed E-state index contributed by atoms with van der Waals surface area (Å²) in [6.07, 6.45) is 41.7. The van der Waals surface area contributed by atoms with Gasteiger partial charge in [-0.1, -0.05) is 218 Å². The summed E-state index contributed by atoms with van der Waals surface area (Å²) >= 11 is 0. The zero-order valence-electron chi connectivity index (χ0n) is 41.3. The molecule has 65 heavy (non-hydrogen) atoms. The maximum absolute atomic E-state index is 13.1. The summed E-state index contributed by atoms with van der Waals surface area (Å²) < 4.78 is 47.8. The van der Waals surface area contributed by atoms with Crippen molar-refractivity contribution in [2.24, 2.45) is 0 Å². The molecule has 1 amide bonds. The van der Waals surface area contributed by atoms with Crippen LogP contribution in [-0.4, -0.2) is 95.4 Å². The second-order valence-electron chi connectivity index (χ2n) is 18.8. The first-order valence-corrected chi connectivity index (χ1v) is 28.1. The van der Waals surface area contributed by atoms with Crippen LogP contribution in [0.5, 0.6) is 0 Å². The van der Waals surface area contributed by atoms with Crippen LogP contribution in [0.2, 0.25) is 0 Å². The van der Waals surface area contributed by atoms with Crippen molar-refractivity contribution in [1.29, 1.82) is 0 Å². The molecule has 0 spiro atoms. The highest BCUT2D eigenvalue weighted by molar-refractivity contribution is 7.80. The number of aliphatic hydroxyl groups excluding tert-OH is 4. The summed E-state index contributed by atoms with van der Waals surface area (Å²) in [6, 6.07) is -0.861. The van der Waals surface area contributed by atoms with Gasteiger partial charge in [-0.25, -0.2) is 4.18 Å². The second-order valence-corrected chi connectivity index (χ2v) is 19.9. The Kier molecular flexibility index (Phi) is 40.4. The number of allylic oxidation sites excluding steroid dienone is 4. The first-order valence-electron chi connectivity index (χ1n) is 26.7. The number of carbonyl (C=O) groups excluding carboxylic acids is 1. The fourth-order valence-electron chi connectivity index (χ4n) is 8.61. The fraction of sp³-hybridized carbons (Fsp3) is 0.904. The number of rotatable bonds is 46. The Bertz CT molecular complexity index is 1250. The van der Waals surface area contributed by atoms with Gasteiger partial charge in [-0.2, -0.15) is 8.42 Å². The number of amides is 1. The van der Waals surface area contributed by atoms with Gasteiger partial charge in [0, 0.05) is 6.42 Å². The minimum Gasteiger partial charge on any atom is -0.394 e. The molecule has 1 aliphatic heterocycles. The van der Waals surface area contributed by atoms with Crippen molar-refractivity contribution in [3.8, 4) is 0 Å². The summed E-state index contributed by atoms with van der Waals surface area (Å²) in [4.78, 5) is 13.1. The van der Waals surface area contributed by atoms with Crippen molar-refractivity contribution >= 4 is 16.3 Å². The highest BCUT2D eigenvalue weighted by Crippen LogP contribution is 2.26. The predicted octanol–water partition coefficient (Wildman–Crippen LogP) is 11.7. The maximum atomic E-state index is 13.1. The minimum atomic E-state index is -5.08. The molecule has 0 saturated carbocycles. The van der Waals surface area contributed by atoms with Crippen molar-refractivity contribution in [1.82, 2.24) is 5.32 Å². The lowest BCUT2D eigenvalue weighted by atomic mass is 9.99. The Morgan fingerprint density at radius 2 is 1.03 bits per heavy atom. The van der Waals surface area contributed by atoms with E-state index < -0.39 is 59.9 Å². The van der Waals surface area contributed by atoms with Crippen LogP contribution in [0.15, 0.2) is 24.3 Å². The van der Waals surface area contributed by atoms with Crippen molar-refractivity contribution < 1.29 is 51.8 Å². The van der Waals surface area contributed by atoms with Crippen LogP contribution in [0, 0.1) is 0 Å². The quantitative estimate of drug-likeness (QED) is 0.0193. The van der Waals surface area contributed by atoms with Gasteiger partial charge in [-0.05, 0) is 44.9 Å². The Morgan fingerprint density at radius 3 is 1.46 bits per heavy atom. The second kappa shape index (κ2) is 42.7. The van der Waals surface area contributed by atoms with Crippen molar-refractivity contribution in [2.45, 2.75) is 288 Å². The molecular formula is C52H99NO11S. The van der Waals surface area contributed by atoms with E-state index in [9.17, 15) is 38.2 Å².